The van der Waals surface area contributed by atoms with Crippen LogP contribution in [0, 0.1) is 5.92 Å². The minimum absolute atomic E-state index is 0.0252. The van der Waals surface area contributed by atoms with Crippen LogP contribution in [0.4, 0.5) is 0 Å². The predicted octanol–water partition coefficient (Wildman–Crippen LogP) is 2.27. The number of rotatable bonds is 3. The summed E-state index contributed by atoms with van der Waals surface area (Å²) in [5, 5.41) is 14.4. The minimum Gasteiger partial charge on any atom is -0.388 e. The van der Waals surface area contributed by atoms with E-state index in [1.807, 2.05) is 29.2 Å². The van der Waals surface area contributed by atoms with Crippen molar-refractivity contribution in [2.75, 3.05) is 24.7 Å². The van der Waals surface area contributed by atoms with E-state index in [-0.39, 0.29) is 17.9 Å². The first kappa shape index (κ1) is 16.1. The number of aliphatic hydroxyl groups is 1. The Morgan fingerprint density at radius 1 is 1.32 bits per heavy atom. The molecule has 2 N–H and O–H groups in total. The number of aliphatic hydroxyl groups excluding tert-OH is 1. The van der Waals surface area contributed by atoms with Crippen LogP contribution in [-0.2, 0) is 4.79 Å². The van der Waals surface area contributed by atoms with Crippen LogP contribution < -0.4 is 5.32 Å². The van der Waals surface area contributed by atoms with Crippen molar-refractivity contribution in [3.05, 3.63) is 34.9 Å². The van der Waals surface area contributed by atoms with Gasteiger partial charge in [0.05, 0.1) is 12.1 Å². The van der Waals surface area contributed by atoms with E-state index in [1.165, 1.54) is 0 Å². The Bertz CT molecular complexity index is 511. The van der Waals surface area contributed by atoms with Gasteiger partial charge in [-0.15, -0.1) is 11.8 Å². The monoisotopic (exact) mass is 340 g/mol. The zero-order valence-electron chi connectivity index (χ0n) is 12.4. The van der Waals surface area contributed by atoms with Gasteiger partial charge >= 0.3 is 0 Å². The smallest absolute Gasteiger partial charge is 0.240 e. The molecule has 4 nitrogen and oxygen atoms in total. The van der Waals surface area contributed by atoms with Crippen LogP contribution in [0.3, 0.4) is 0 Å². The Kier molecular flexibility index (Phi) is 5.29. The number of hydrogen-bond donors (Lipinski definition) is 2. The van der Waals surface area contributed by atoms with Crippen molar-refractivity contribution in [2.24, 2.45) is 5.92 Å². The molecule has 2 aliphatic rings. The van der Waals surface area contributed by atoms with Crippen LogP contribution in [-0.4, -0.2) is 46.7 Å². The van der Waals surface area contributed by atoms with Gasteiger partial charge in [0.15, 0.2) is 0 Å². The minimum atomic E-state index is -0.477. The molecule has 6 heteroatoms. The number of likely N-dealkylation sites (tertiary alicyclic amines) is 1. The van der Waals surface area contributed by atoms with Gasteiger partial charge in [0, 0.05) is 29.7 Å². The van der Waals surface area contributed by atoms with Crippen LogP contribution in [0.1, 0.15) is 24.5 Å². The lowest BCUT2D eigenvalue weighted by atomic mass is 9.87. The first-order chi connectivity index (χ1) is 10.6. The number of carbonyl (C=O) groups excluding carboxylic acids is 1. The molecule has 1 amide bonds. The molecule has 2 atom stereocenters. The van der Waals surface area contributed by atoms with Crippen LogP contribution in [0.15, 0.2) is 24.3 Å². The second-order valence-corrected chi connectivity index (χ2v) is 7.40. The Morgan fingerprint density at radius 2 is 2.00 bits per heavy atom. The first-order valence-corrected chi connectivity index (χ1v) is 9.22. The lowest BCUT2D eigenvalue weighted by Gasteiger charge is -2.35. The molecule has 0 radical (unpaired) electrons. The molecule has 2 aliphatic heterocycles. The SMILES string of the molecule is O=C([C@@H]1CSCN1)N1CCC([C@@H](O)c2ccc(Cl)cc2)CC1. The number of hydrogen-bond acceptors (Lipinski definition) is 4. The highest BCUT2D eigenvalue weighted by molar-refractivity contribution is 7.99. The molecule has 0 unspecified atom stereocenters. The largest absolute Gasteiger partial charge is 0.388 e. The maximum absolute atomic E-state index is 12.4. The lowest BCUT2D eigenvalue weighted by Crippen LogP contribution is -2.48. The number of nitrogens with one attached hydrogen (secondary N) is 1. The quantitative estimate of drug-likeness (QED) is 0.886. The molecule has 0 bridgehead atoms. The normalized spacial score (nSPS) is 24.5. The number of thioether (sulfide) groups is 1. The fourth-order valence-corrected chi connectivity index (χ4v) is 4.20. The van der Waals surface area contributed by atoms with E-state index < -0.39 is 6.10 Å². The van der Waals surface area contributed by atoms with Gasteiger partial charge in [0.2, 0.25) is 5.91 Å². The zero-order valence-corrected chi connectivity index (χ0v) is 13.9. The van der Waals surface area contributed by atoms with E-state index in [2.05, 4.69) is 5.32 Å². The lowest BCUT2D eigenvalue weighted by molar-refractivity contribution is -0.134. The van der Waals surface area contributed by atoms with Crippen LogP contribution in [0.25, 0.3) is 0 Å². The molecule has 0 aliphatic carbocycles. The third kappa shape index (κ3) is 3.59. The summed E-state index contributed by atoms with van der Waals surface area (Å²) in [7, 11) is 0. The van der Waals surface area contributed by atoms with Gasteiger partial charge in [0.1, 0.15) is 0 Å². The molecule has 2 heterocycles. The summed E-state index contributed by atoms with van der Waals surface area (Å²) >= 11 is 7.65. The maximum Gasteiger partial charge on any atom is 0.240 e. The number of halogens is 1. The molecule has 2 saturated heterocycles. The second-order valence-electron chi connectivity index (χ2n) is 5.93. The molecule has 3 rings (SSSR count). The summed E-state index contributed by atoms with van der Waals surface area (Å²) in [5.74, 6) is 2.15. The molecule has 1 aromatic rings. The Hall–Kier alpha value is -0.750. The average Bonchev–Trinajstić information content (AvgIpc) is 3.09. The van der Waals surface area contributed by atoms with Crippen molar-refractivity contribution in [3.63, 3.8) is 0 Å². The predicted molar refractivity (Wildman–Crippen MR) is 90.0 cm³/mol. The third-order valence-electron chi connectivity index (χ3n) is 4.52. The van der Waals surface area contributed by atoms with Crippen molar-refractivity contribution in [1.29, 1.82) is 0 Å². The van der Waals surface area contributed by atoms with Gasteiger partial charge in [-0.25, -0.2) is 0 Å². The number of nitrogens with zero attached hydrogens (tertiary/aromatic N) is 1. The van der Waals surface area contributed by atoms with Crippen molar-refractivity contribution in [2.45, 2.75) is 25.0 Å². The van der Waals surface area contributed by atoms with Gasteiger partial charge in [-0.1, -0.05) is 23.7 Å². The summed E-state index contributed by atoms with van der Waals surface area (Å²) in [4.78, 5) is 14.3. The maximum atomic E-state index is 12.4. The van der Waals surface area contributed by atoms with Gasteiger partial charge in [-0.2, -0.15) is 0 Å². The van der Waals surface area contributed by atoms with E-state index in [1.54, 1.807) is 11.8 Å². The van der Waals surface area contributed by atoms with Crippen molar-refractivity contribution in [3.8, 4) is 0 Å². The van der Waals surface area contributed by atoms with Crippen LogP contribution in [0.5, 0.6) is 0 Å². The molecule has 0 saturated carbocycles. The highest BCUT2D eigenvalue weighted by Gasteiger charge is 2.32. The highest BCUT2D eigenvalue weighted by Crippen LogP contribution is 2.31. The molecular formula is C16H21ClN2O2S. The van der Waals surface area contributed by atoms with E-state index in [4.69, 9.17) is 11.6 Å². The topological polar surface area (TPSA) is 52.6 Å². The van der Waals surface area contributed by atoms with Gasteiger partial charge in [-0.05, 0) is 36.5 Å². The summed E-state index contributed by atoms with van der Waals surface area (Å²) in [6.07, 6.45) is 1.21. The first-order valence-electron chi connectivity index (χ1n) is 7.68. The van der Waals surface area contributed by atoms with Crippen LogP contribution in [0.2, 0.25) is 5.02 Å². The number of benzene rings is 1. The van der Waals surface area contributed by atoms with Crippen molar-refractivity contribution in [1.82, 2.24) is 10.2 Å². The average molecular weight is 341 g/mol. The second kappa shape index (κ2) is 7.21. The van der Waals surface area contributed by atoms with Gasteiger partial charge < -0.3 is 10.0 Å². The fourth-order valence-electron chi connectivity index (χ4n) is 3.14. The van der Waals surface area contributed by atoms with Crippen LogP contribution >= 0.6 is 23.4 Å². The Morgan fingerprint density at radius 3 is 2.59 bits per heavy atom. The zero-order chi connectivity index (χ0) is 15.5. The Labute approximate surface area is 140 Å². The molecule has 120 valence electrons. The molecule has 1 aromatic carbocycles. The molecule has 0 aromatic heterocycles. The number of piperidine rings is 1. The van der Waals surface area contributed by atoms with E-state index in [0.717, 1.165) is 43.1 Å². The van der Waals surface area contributed by atoms with Gasteiger partial charge in [0.25, 0.3) is 0 Å². The molecular weight excluding hydrogens is 320 g/mol. The fraction of sp³-hybridized carbons (Fsp3) is 0.562. The highest BCUT2D eigenvalue weighted by atomic mass is 35.5. The van der Waals surface area contributed by atoms with E-state index >= 15 is 0 Å². The summed E-state index contributed by atoms with van der Waals surface area (Å²) in [5.41, 5.74) is 0.906. The summed E-state index contributed by atoms with van der Waals surface area (Å²) in [6.45, 7) is 1.47. The van der Waals surface area contributed by atoms with E-state index in [9.17, 15) is 9.90 Å². The Balaban J connectivity index is 1.54. The molecule has 2 fully saturated rings. The summed E-state index contributed by atoms with van der Waals surface area (Å²) < 4.78 is 0. The standard InChI is InChI=1S/C16H21ClN2O2S/c17-13-3-1-11(2-4-13)15(20)12-5-7-19(8-6-12)16(21)14-9-22-10-18-14/h1-4,12,14-15,18,20H,5-10H2/t14-,15-/m0/s1. The molecule has 0 spiro atoms. The van der Waals surface area contributed by atoms with Gasteiger partial charge in [-0.3, -0.25) is 10.1 Å². The van der Waals surface area contributed by atoms with Crippen molar-refractivity contribution < 1.29 is 9.90 Å². The number of amides is 1. The third-order valence-corrected chi connectivity index (χ3v) is 5.72. The number of carbonyl (C=O) groups is 1. The van der Waals surface area contributed by atoms with Crippen molar-refractivity contribution >= 4 is 29.3 Å². The van der Waals surface area contributed by atoms with E-state index in [0.29, 0.717) is 5.02 Å². The molecule has 22 heavy (non-hydrogen) atoms. The summed E-state index contributed by atoms with van der Waals surface area (Å²) in [6, 6.07) is 7.35.